The van der Waals surface area contributed by atoms with Gasteiger partial charge in [0, 0.05) is 0 Å². The van der Waals surface area contributed by atoms with Crippen molar-refractivity contribution < 1.29 is 18.4 Å². The van der Waals surface area contributed by atoms with Crippen molar-refractivity contribution in [2.75, 3.05) is 13.2 Å². The highest BCUT2D eigenvalue weighted by atomic mass is 19.1. The molecule has 0 saturated heterocycles. The quantitative estimate of drug-likeness (QED) is 0.880. The number of halogens is 1. The van der Waals surface area contributed by atoms with Gasteiger partial charge in [-0.1, -0.05) is 29.1 Å². The summed E-state index contributed by atoms with van der Waals surface area (Å²) in [7, 11) is 0. The Kier molecular flexibility index (Phi) is 5.15. The summed E-state index contributed by atoms with van der Waals surface area (Å²) in [5, 5.41) is 6.34. The third-order valence-electron chi connectivity index (χ3n) is 2.86. The molecule has 114 valence electrons. The molecule has 1 aromatic heterocycles. The van der Waals surface area contributed by atoms with Crippen LogP contribution in [0.4, 0.5) is 4.39 Å². The van der Waals surface area contributed by atoms with Gasteiger partial charge in [-0.2, -0.15) is 0 Å². The summed E-state index contributed by atoms with van der Waals surface area (Å²) in [5.74, 6) is 5.31. The molecule has 0 atom stereocenters. The van der Waals surface area contributed by atoms with Crippen molar-refractivity contribution in [3.8, 4) is 17.6 Å². The first-order valence-electron chi connectivity index (χ1n) is 6.63. The van der Waals surface area contributed by atoms with Crippen LogP contribution in [0.2, 0.25) is 0 Å². The maximum Gasteiger partial charge on any atom is 0.257 e. The summed E-state index contributed by atoms with van der Waals surface area (Å²) >= 11 is 0. The predicted molar refractivity (Wildman–Crippen MR) is 78.0 cm³/mol. The molecule has 0 aliphatic rings. The number of carbonyl (C=O) groups is 1. The van der Waals surface area contributed by atoms with Crippen LogP contribution in [0.5, 0.6) is 5.75 Å². The van der Waals surface area contributed by atoms with Gasteiger partial charge in [-0.15, -0.1) is 0 Å². The van der Waals surface area contributed by atoms with Gasteiger partial charge in [0.2, 0.25) is 0 Å². The first-order valence-corrected chi connectivity index (χ1v) is 6.63. The number of para-hydroxylation sites is 1. The van der Waals surface area contributed by atoms with Crippen LogP contribution in [0.1, 0.15) is 21.8 Å². The Hall–Kier alpha value is -2.81. The van der Waals surface area contributed by atoms with E-state index in [2.05, 4.69) is 22.3 Å². The standard InChI is InChI=1S/C16H15FN2O3/c1-11-15(12(2)22-19-11)16(20)18-9-5-6-10-21-14-8-4-3-7-13(14)17/h3-4,7-8H,9-10H2,1-2H3,(H,18,20). The fourth-order valence-corrected chi connectivity index (χ4v) is 1.81. The number of aromatic nitrogens is 1. The molecule has 1 heterocycles. The van der Waals surface area contributed by atoms with Gasteiger partial charge in [0.05, 0.1) is 12.2 Å². The maximum absolute atomic E-state index is 13.3. The van der Waals surface area contributed by atoms with Gasteiger partial charge < -0.3 is 14.6 Å². The smallest absolute Gasteiger partial charge is 0.257 e. The molecule has 2 aromatic rings. The Morgan fingerprint density at radius 1 is 1.36 bits per heavy atom. The molecule has 1 amide bonds. The van der Waals surface area contributed by atoms with Crippen molar-refractivity contribution in [2.24, 2.45) is 0 Å². The van der Waals surface area contributed by atoms with Gasteiger partial charge in [0.25, 0.3) is 5.91 Å². The van der Waals surface area contributed by atoms with E-state index in [0.717, 1.165) is 0 Å². The molecule has 1 N–H and O–H groups in total. The highest BCUT2D eigenvalue weighted by Crippen LogP contribution is 2.14. The number of aryl methyl sites for hydroxylation is 2. The van der Waals surface area contributed by atoms with Crippen molar-refractivity contribution in [1.29, 1.82) is 0 Å². The number of benzene rings is 1. The molecule has 0 spiro atoms. The van der Waals surface area contributed by atoms with Gasteiger partial charge >= 0.3 is 0 Å². The minimum absolute atomic E-state index is 0.0438. The van der Waals surface area contributed by atoms with Crippen molar-refractivity contribution in [1.82, 2.24) is 10.5 Å². The summed E-state index contributed by atoms with van der Waals surface area (Å²) in [6.45, 7) is 3.56. The van der Waals surface area contributed by atoms with E-state index in [1.54, 1.807) is 26.0 Å². The normalized spacial score (nSPS) is 9.77. The first-order chi connectivity index (χ1) is 10.6. The van der Waals surface area contributed by atoms with E-state index < -0.39 is 5.82 Å². The fraction of sp³-hybridized carbons (Fsp3) is 0.250. The van der Waals surface area contributed by atoms with Crippen LogP contribution in [-0.2, 0) is 0 Å². The average molecular weight is 302 g/mol. The number of carbonyl (C=O) groups excluding carboxylic acids is 1. The topological polar surface area (TPSA) is 64.4 Å². The van der Waals surface area contributed by atoms with Gasteiger partial charge in [-0.25, -0.2) is 4.39 Å². The van der Waals surface area contributed by atoms with Crippen LogP contribution in [0.15, 0.2) is 28.8 Å². The van der Waals surface area contributed by atoms with Crippen LogP contribution in [0.25, 0.3) is 0 Å². The Morgan fingerprint density at radius 3 is 2.82 bits per heavy atom. The van der Waals surface area contributed by atoms with Crippen LogP contribution < -0.4 is 10.1 Å². The summed E-state index contributed by atoms with van der Waals surface area (Å²) in [6, 6.07) is 6.09. The lowest BCUT2D eigenvalue weighted by molar-refractivity contribution is 0.0956. The second-order valence-corrected chi connectivity index (χ2v) is 4.45. The van der Waals surface area contributed by atoms with E-state index in [0.29, 0.717) is 17.0 Å². The van der Waals surface area contributed by atoms with Gasteiger partial charge in [-0.05, 0) is 26.0 Å². The van der Waals surface area contributed by atoms with E-state index in [1.165, 1.54) is 12.1 Å². The summed E-state index contributed by atoms with van der Waals surface area (Å²) in [6.07, 6.45) is 0. The van der Waals surface area contributed by atoms with Gasteiger partial charge in [0.1, 0.15) is 17.9 Å². The number of amides is 1. The van der Waals surface area contributed by atoms with Crippen LogP contribution in [-0.4, -0.2) is 24.2 Å². The Bertz CT molecular complexity index is 709. The minimum atomic E-state index is -0.434. The van der Waals surface area contributed by atoms with Crippen LogP contribution >= 0.6 is 0 Å². The molecule has 5 nitrogen and oxygen atoms in total. The van der Waals surface area contributed by atoms with E-state index in [1.807, 2.05) is 0 Å². The molecule has 0 aliphatic carbocycles. The van der Waals surface area contributed by atoms with Crippen LogP contribution in [0, 0.1) is 31.5 Å². The minimum Gasteiger partial charge on any atom is -0.478 e. The lowest BCUT2D eigenvalue weighted by atomic mass is 10.2. The number of nitrogens with one attached hydrogen (secondary N) is 1. The summed E-state index contributed by atoms with van der Waals surface area (Å²) < 4.78 is 23.3. The number of hydrogen-bond donors (Lipinski definition) is 1. The third kappa shape index (κ3) is 3.85. The molecule has 0 saturated carbocycles. The first kappa shape index (κ1) is 15.6. The SMILES string of the molecule is Cc1noc(C)c1C(=O)NCC#CCOc1ccccc1F. The zero-order valence-electron chi connectivity index (χ0n) is 12.3. The molecule has 6 heteroatoms. The van der Waals surface area contributed by atoms with E-state index in [9.17, 15) is 9.18 Å². The highest BCUT2D eigenvalue weighted by Gasteiger charge is 2.16. The molecule has 0 aliphatic heterocycles. The zero-order valence-corrected chi connectivity index (χ0v) is 12.3. The lowest BCUT2D eigenvalue weighted by Crippen LogP contribution is -2.24. The van der Waals surface area contributed by atoms with E-state index in [4.69, 9.17) is 9.26 Å². The van der Waals surface area contributed by atoms with Crippen molar-refractivity contribution in [2.45, 2.75) is 13.8 Å². The third-order valence-corrected chi connectivity index (χ3v) is 2.86. The molecule has 0 fully saturated rings. The monoisotopic (exact) mass is 302 g/mol. The zero-order chi connectivity index (χ0) is 15.9. The summed E-state index contributed by atoms with van der Waals surface area (Å²) in [5.41, 5.74) is 0.954. The second-order valence-electron chi connectivity index (χ2n) is 4.45. The lowest BCUT2D eigenvalue weighted by Gasteiger charge is -2.02. The number of hydrogen-bond acceptors (Lipinski definition) is 4. The number of ether oxygens (including phenoxy) is 1. The average Bonchev–Trinajstić information content (AvgIpc) is 2.83. The van der Waals surface area contributed by atoms with Crippen molar-refractivity contribution >= 4 is 5.91 Å². The molecule has 2 rings (SSSR count). The van der Waals surface area contributed by atoms with Crippen LogP contribution in [0.3, 0.4) is 0 Å². The summed E-state index contributed by atoms with van der Waals surface area (Å²) in [4.78, 5) is 11.9. The van der Waals surface area contributed by atoms with E-state index in [-0.39, 0.29) is 24.8 Å². The molecule has 0 unspecified atom stereocenters. The Labute approximate surface area is 127 Å². The number of rotatable bonds is 4. The second kappa shape index (κ2) is 7.27. The highest BCUT2D eigenvalue weighted by molar-refractivity contribution is 5.96. The predicted octanol–water partition coefficient (Wildman–Crippen LogP) is 2.24. The number of nitrogens with zero attached hydrogens (tertiary/aromatic N) is 1. The molecule has 0 bridgehead atoms. The fourth-order valence-electron chi connectivity index (χ4n) is 1.81. The molecule has 0 radical (unpaired) electrons. The van der Waals surface area contributed by atoms with Crippen molar-refractivity contribution in [3.63, 3.8) is 0 Å². The molecule has 22 heavy (non-hydrogen) atoms. The molecular weight excluding hydrogens is 287 g/mol. The van der Waals surface area contributed by atoms with Crippen molar-refractivity contribution in [3.05, 3.63) is 47.1 Å². The molecular formula is C16H15FN2O3. The molecule has 1 aromatic carbocycles. The Morgan fingerprint density at radius 2 is 2.14 bits per heavy atom. The van der Waals surface area contributed by atoms with E-state index >= 15 is 0 Å². The largest absolute Gasteiger partial charge is 0.478 e. The van der Waals surface area contributed by atoms with Gasteiger partial charge in [0.15, 0.2) is 11.6 Å². The maximum atomic E-state index is 13.3. The Balaban J connectivity index is 1.78. The van der Waals surface area contributed by atoms with Gasteiger partial charge in [-0.3, -0.25) is 4.79 Å².